The summed E-state index contributed by atoms with van der Waals surface area (Å²) in [5, 5.41) is 11.3. The monoisotopic (exact) mass is 550 g/mol. The Morgan fingerprint density at radius 3 is 2.45 bits per heavy atom. The number of likely N-dealkylation sites (tertiary alicyclic amines) is 1. The summed E-state index contributed by atoms with van der Waals surface area (Å²) >= 11 is 0. The van der Waals surface area contributed by atoms with E-state index in [1.54, 1.807) is 24.9 Å². The van der Waals surface area contributed by atoms with Gasteiger partial charge in [0.15, 0.2) is 11.2 Å². The summed E-state index contributed by atoms with van der Waals surface area (Å²) in [6.45, 7) is 5.83. The van der Waals surface area contributed by atoms with Crippen molar-refractivity contribution in [3.8, 4) is 0 Å². The van der Waals surface area contributed by atoms with E-state index in [0.29, 0.717) is 49.9 Å². The number of ether oxygens (including phenoxy) is 1. The zero-order chi connectivity index (χ0) is 28.2. The number of fused-ring (bicyclic) bond motifs is 2. The lowest BCUT2D eigenvalue weighted by atomic mass is 9.77. The van der Waals surface area contributed by atoms with Gasteiger partial charge in [0.05, 0.1) is 24.6 Å². The third-order valence-corrected chi connectivity index (χ3v) is 9.26. The SMILES string of the molecule is Cn1c(=O)c2c(ncn2[C@H]2CC3(CCN(C(=O)CCCN4Cc5ccccc5C4)CC3)OC[C@]2(C)O)n(C)c1=O. The second-order valence-corrected chi connectivity index (χ2v) is 12.0. The standard InChI is InChI=1S/C29H38N6O5/c1-28(39)18-40-29(15-22(28)35-19-30-25-24(35)26(37)32(3)27(38)31(25)2)10-13-34(14-11-29)23(36)9-6-12-33-16-20-7-4-5-8-21(20)17-33/h4-5,7-8,19,22,39H,6,9-18H2,1-3H3/t22-,28-/m0/s1. The van der Waals surface area contributed by atoms with Crippen molar-refractivity contribution < 1.29 is 14.6 Å². The number of benzene rings is 1. The number of aryl methyl sites for hydroxylation is 1. The van der Waals surface area contributed by atoms with Gasteiger partial charge in [0, 0.05) is 53.1 Å². The Morgan fingerprint density at radius 2 is 1.77 bits per heavy atom. The number of hydrogen-bond acceptors (Lipinski definition) is 7. The molecule has 6 rings (SSSR count). The van der Waals surface area contributed by atoms with Gasteiger partial charge in [-0.3, -0.25) is 23.6 Å². The average molecular weight is 551 g/mol. The van der Waals surface area contributed by atoms with E-state index in [2.05, 4.69) is 34.1 Å². The second-order valence-electron chi connectivity index (χ2n) is 12.0. The average Bonchev–Trinajstić information content (AvgIpc) is 3.57. The molecular weight excluding hydrogens is 512 g/mol. The summed E-state index contributed by atoms with van der Waals surface area (Å²) in [6, 6.07) is 8.05. The maximum Gasteiger partial charge on any atom is 0.332 e. The van der Waals surface area contributed by atoms with Gasteiger partial charge in [0.1, 0.15) is 5.60 Å². The number of aromatic nitrogens is 4. The number of rotatable bonds is 5. The maximum atomic E-state index is 13.1. The molecule has 0 saturated carbocycles. The molecule has 1 spiro atoms. The van der Waals surface area contributed by atoms with Crippen LogP contribution in [0.25, 0.3) is 11.2 Å². The van der Waals surface area contributed by atoms with Gasteiger partial charge in [0.25, 0.3) is 5.56 Å². The molecule has 11 heteroatoms. The van der Waals surface area contributed by atoms with Crippen molar-refractivity contribution >= 4 is 17.1 Å². The first-order valence-electron chi connectivity index (χ1n) is 14.1. The summed E-state index contributed by atoms with van der Waals surface area (Å²) in [5.41, 5.74) is 0.726. The molecule has 40 heavy (non-hydrogen) atoms. The molecule has 214 valence electrons. The minimum Gasteiger partial charge on any atom is -0.386 e. The van der Waals surface area contributed by atoms with Gasteiger partial charge < -0.3 is 19.3 Å². The predicted molar refractivity (Wildman–Crippen MR) is 149 cm³/mol. The molecule has 11 nitrogen and oxygen atoms in total. The molecule has 3 aromatic rings. The van der Waals surface area contributed by atoms with Gasteiger partial charge in [-0.1, -0.05) is 24.3 Å². The third-order valence-electron chi connectivity index (χ3n) is 9.26. The molecule has 0 unspecified atom stereocenters. The number of imidazole rings is 1. The van der Waals surface area contributed by atoms with E-state index >= 15 is 0 Å². The van der Waals surface area contributed by atoms with E-state index in [1.807, 2.05) is 4.90 Å². The molecule has 1 amide bonds. The van der Waals surface area contributed by atoms with Crippen molar-refractivity contribution in [3.63, 3.8) is 0 Å². The number of hydrogen-bond donors (Lipinski definition) is 1. The summed E-state index contributed by atoms with van der Waals surface area (Å²) in [4.78, 5) is 47.2. The highest BCUT2D eigenvalue weighted by atomic mass is 16.5. The van der Waals surface area contributed by atoms with Crippen LogP contribution < -0.4 is 11.2 Å². The molecule has 0 radical (unpaired) electrons. The van der Waals surface area contributed by atoms with Crippen molar-refractivity contribution in [2.45, 2.75) is 69.4 Å². The Kier molecular flexibility index (Phi) is 6.71. The number of piperidine rings is 1. The normalized spacial score (nSPS) is 24.6. The zero-order valence-electron chi connectivity index (χ0n) is 23.5. The van der Waals surface area contributed by atoms with Gasteiger partial charge in [-0.15, -0.1) is 0 Å². The Morgan fingerprint density at radius 1 is 1.10 bits per heavy atom. The van der Waals surface area contributed by atoms with Crippen molar-refractivity contribution in [2.75, 3.05) is 26.2 Å². The van der Waals surface area contributed by atoms with Crippen LogP contribution in [0, 0.1) is 0 Å². The fraction of sp³-hybridized carbons (Fsp3) is 0.586. The minimum absolute atomic E-state index is 0.107. The molecule has 2 fully saturated rings. The van der Waals surface area contributed by atoms with Gasteiger partial charge in [-0.2, -0.15) is 0 Å². The quantitative estimate of drug-likeness (QED) is 0.509. The van der Waals surface area contributed by atoms with E-state index in [4.69, 9.17) is 4.74 Å². The van der Waals surface area contributed by atoms with Crippen molar-refractivity contribution in [3.05, 3.63) is 62.6 Å². The number of aliphatic hydroxyl groups is 1. The Labute approximate surface area is 232 Å². The maximum absolute atomic E-state index is 13.1. The van der Waals surface area contributed by atoms with Crippen molar-refractivity contribution in [2.24, 2.45) is 14.1 Å². The molecule has 5 heterocycles. The Hall–Kier alpha value is -3.28. The first-order chi connectivity index (χ1) is 19.1. The molecule has 2 atom stereocenters. The van der Waals surface area contributed by atoms with E-state index in [-0.39, 0.29) is 12.5 Å². The topological polar surface area (TPSA) is 115 Å². The fourth-order valence-electron chi connectivity index (χ4n) is 6.71. The molecule has 3 aliphatic rings. The van der Waals surface area contributed by atoms with Crippen molar-refractivity contribution in [1.82, 2.24) is 28.5 Å². The van der Waals surface area contributed by atoms with Crippen LogP contribution in [0.15, 0.2) is 40.2 Å². The van der Waals surface area contributed by atoms with Gasteiger partial charge in [0.2, 0.25) is 5.91 Å². The minimum atomic E-state index is -1.24. The molecule has 0 bridgehead atoms. The van der Waals surface area contributed by atoms with Crippen LogP contribution in [0.3, 0.4) is 0 Å². The highest BCUT2D eigenvalue weighted by Gasteiger charge is 2.50. The molecule has 1 N–H and O–H groups in total. The molecule has 2 aromatic heterocycles. The Bertz CT molecular complexity index is 1540. The van der Waals surface area contributed by atoms with Crippen LogP contribution in [0.5, 0.6) is 0 Å². The van der Waals surface area contributed by atoms with E-state index in [9.17, 15) is 19.5 Å². The lowest BCUT2D eigenvalue weighted by Gasteiger charge is -2.51. The molecule has 0 aliphatic carbocycles. The van der Waals surface area contributed by atoms with Gasteiger partial charge in [-0.25, -0.2) is 9.78 Å². The summed E-state index contributed by atoms with van der Waals surface area (Å²) < 4.78 is 10.4. The summed E-state index contributed by atoms with van der Waals surface area (Å²) in [7, 11) is 3.03. The first kappa shape index (κ1) is 26.9. The molecule has 2 saturated heterocycles. The van der Waals surface area contributed by atoms with Gasteiger partial charge >= 0.3 is 5.69 Å². The smallest absolute Gasteiger partial charge is 0.332 e. The molecule has 1 aromatic carbocycles. The number of carbonyl (C=O) groups is 1. The number of carbonyl (C=O) groups excluding carboxylic acids is 1. The lowest BCUT2D eigenvalue weighted by molar-refractivity contribution is -0.201. The van der Waals surface area contributed by atoms with Gasteiger partial charge in [-0.05, 0) is 43.9 Å². The molecular formula is C29H38N6O5. The molecule has 3 aliphatic heterocycles. The Balaban J connectivity index is 1.10. The van der Waals surface area contributed by atoms with Crippen LogP contribution >= 0.6 is 0 Å². The highest BCUT2D eigenvalue weighted by Crippen LogP contribution is 2.44. The lowest BCUT2D eigenvalue weighted by Crippen LogP contribution is -2.57. The van der Waals surface area contributed by atoms with Crippen LogP contribution in [-0.4, -0.2) is 76.9 Å². The van der Waals surface area contributed by atoms with Crippen LogP contribution in [0.2, 0.25) is 0 Å². The zero-order valence-corrected chi connectivity index (χ0v) is 23.5. The van der Waals surface area contributed by atoms with E-state index in [0.717, 1.165) is 30.6 Å². The van der Waals surface area contributed by atoms with E-state index < -0.39 is 28.5 Å². The van der Waals surface area contributed by atoms with Crippen molar-refractivity contribution in [1.29, 1.82) is 0 Å². The van der Waals surface area contributed by atoms with E-state index in [1.165, 1.54) is 22.7 Å². The largest absolute Gasteiger partial charge is 0.386 e. The summed E-state index contributed by atoms with van der Waals surface area (Å²) in [6.07, 6.45) is 4.71. The fourth-order valence-corrected chi connectivity index (χ4v) is 6.71. The van der Waals surface area contributed by atoms with Crippen LogP contribution in [0.1, 0.15) is 56.2 Å². The number of nitrogens with zero attached hydrogens (tertiary/aromatic N) is 6. The second kappa shape index (κ2) is 9.97. The number of amides is 1. The van der Waals surface area contributed by atoms with Crippen LogP contribution in [0.4, 0.5) is 0 Å². The van der Waals surface area contributed by atoms with Crippen LogP contribution in [-0.2, 0) is 36.7 Å². The highest BCUT2D eigenvalue weighted by molar-refractivity contribution is 5.76. The third kappa shape index (κ3) is 4.59. The summed E-state index contributed by atoms with van der Waals surface area (Å²) in [5.74, 6) is 0.177. The predicted octanol–water partition coefficient (Wildman–Crippen LogP) is 1.30. The first-order valence-corrected chi connectivity index (χ1v) is 14.1.